The molecule has 1 saturated heterocycles. The molecule has 1 fully saturated rings. The number of imide groups is 1. The second-order valence-electron chi connectivity index (χ2n) is 5.08. The zero-order valence-electron chi connectivity index (χ0n) is 12.4. The Morgan fingerprint density at radius 3 is 2.38 bits per heavy atom. The van der Waals surface area contributed by atoms with E-state index in [1.165, 1.54) is 7.05 Å². The van der Waals surface area contributed by atoms with Crippen molar-refractivity contribution in [2.75, 3.05) is 7.05 Å². The zero-order chi connectivity index (χ0) is 16.2. The smallest absolute Gasteiger partial charge is 0.329 e. The average molecular weight is 299 g/mol. The van der Waals surface area contributed by atoms with Crippen molar-refractivity contribution >= 4 is 23.8 Å². The molecule has 0 aromatic rings. The van der Waals surface area contributed by atoms with E-state index < -0.39 is 29.5 Å². The van der Waals surface area contributed by atoms with Crippen molar-refractivity contribution < 1.29 is 24.3 Å². The van der Waals surface area contributed by atoms with Crippen LogP contribution in [-0.4, -0.2) is 52.4 Å². The summed E-state index contributed by atoms with van der Waals surface area (Å²) < 4.78 is 0. The zero-order valence-corrected chi connectivity index (χ0v) is 12.4. The van der Waals surface area contributed by atoms with Gasteiger partial charge in [0.15, 0.2) is 0 Å². The first kappa shape index (κ1) is 16.9. The van der Waals surface area contributed by atoms with E-state index in [4.69, 9.17) is 0 Å². The Bertz CT molecular complexity index is 459. The molecule has 8 heteroatoms. The van der Waals surface area contributed by atoms with Crippen LogP contribution in [0.2, 0.25) is 0 Å². The van der Waals surface area contributed by atoms with Crippen molar-refractivity contribution in [2.45, 2.75) is 51.1 Å². The van der Waals surface area contributed by atoms with Gasteiger partial charge in [0.25, 0.3) is 5.91 Å². The molecule has 1 aliphatic heterocycles. The summed E-state index contributed by atoms with van der Waals surface area (Å²) in [5.41, 5.74) is -1.36. The molecule has 1 aliphatic rings. The number of carboxylic acid groups (broad SMARTS) is 1. The second kappa shape index (κ2) is 6.55. The molecule has 0 radical (unpaired) electrons. The van der Waals surface area contributed by atoms with E-state index in [2.05, 4.69) is 10.6 Å². The second-order valence-corrected chi connectivity index (χ2v) is 5.08. The highest BCUT2D eigenvalue weighted by Crippen LogP contribution is 2.16. The van der Waals surface area contributed by atoms with Crippen LogP contribution >= 0.6 is 0 Å². The number of carboxylic acids is 1. The summed E-state index contributed by atoms with van der Waals surface area (Å²) in [4.78, 5) is 47.4. The van der Waals surface area contributed by atoms with Crippen molar-refractivity contribution in [2.24, 2.45) is 0 Å². The summed E-state index contributed by atoms with van der Waals surface area (Å²) in [6.07, 6.45) is 0.832. The number of carbonyl (C=O) groups excluding carboxylic acids is 3. The molecule has 4 amide bonds. The minimum Gasteiger partial charge on any atom is -0.480 e. The summed E-state index contributed by atoms with van der Waals surface area (Å²) >= 11 is 0. The highest BCUT2D eigenvalue weighted by molar-refractivity contribution is 6.01. The number of hydrogen-bond acceptors (Lipinski definition) is 4. The third-order valence-corrected chi connectivity index (χ3v) is 3.92. The molecule has 1 heterocycles. The summed E-state index contributed by atoms with van der Waals surface area (Å²) in [7, 11) is 1.36. The van der Waals surface area contributed by atoms with Crippen LogP contribution in [0.15, 0.2) is 0 Å². The lowest BCUT2D eigenvalue weighted by atomic mass is 9.93. The van der Waals surface area contributed by atoms with Crippen molar-refractivity contribution in [1.29, 1.82) is 0 Å². The van der Waals surface area contributed by atoms with Gasteiger partial charge in [-0.05, 0) is 19.3 Å². The number of aliphatic carboxylic acids is 1. The third kappa shape index (κ3) is 3.50. The van der Waals surface area contributed by atoms with Crippen LogP contribution in [0.25, 0.3) is 0 Å². The molecule has 0 bridgehead atoms. The lowest BCUT2D eigenvalue weighted by Crippen LogP contribution is -2.60. The number of piperidine rings is 1. The Balaban J connectivity index is 2.71. The van der Waals surface area contributed by atoms with E-state index in [1.807, 2.05) is 0 Å². The average Bonchev–Trinajstić information content (AvgIpc) is 2.45. The molecular formula is C13H21N3O5. The number of carbonyl (C=O) groups is 4. The number of likely N-dealkylation sites (tertiary alicyclic amines) is 1. The predicted octanol–water partition coefficient (Wildman–Crippen LogP) is 0.0764. The SMILES string of the molecule is CCC(CC)(NC(=O)NC1CCC(=O)N(C)C1=O)C(=O)O. The van der Waals surface area contributed by atoms with Crippen molar-refractivity contribution in [3.05, 3.63) is 0 Å². The topological polar surface area (TPSA) is 116 Å². The summed E-state index contributed by atoms with van der Waals surface area (Å²) in [6, 6.07) is -1.53. The lowest BCUT2D eigenvalue weighted by Gasteiger charge is -2.31. The molecule has 8 nitrogen and oxygen atoms in total. The molecule has 0 aromatic heterocycles. The highest BCUT2D eigenvalue weighted by atomic mass is 16.4. The molecular weight excluding hydrogens is 278 g/mol. The number of urea groups is 1. The number of rotatable bonds is 5. The fourth-order valence-electron chi connectivity index (χ4n) is 2.24. The van der Waals surface area contributed by atoms with Gasteiger partial charge in [-0.15, -0.1) is 0 Å². The van der Waals surface area contributed by atoms with Crippen LogP contribution in [0.4, 0.5) is 4.79 Å². The molecule has 21 heavy (non-hydrogen) atoms. The first-order valence-electron chi connectivity index (χ1n) is 6.90. The van der Waals surface area contributed by atoms with Gasteiger partial charge in [0, 0.05) is 13.5 Å². The summed E-state index contributed by atoms with van der Waals surface area (Å²) in [6.45, 7) is 3.33. The summed E-state index contributed by atoms with van der Waals surface area (Å²) in [5, 5.41) is 14.1. The van der Waals surface area contributed by atoms with E-state index >= 15 is 0 Å². The van der Waals surface area contributed by atoms with Crippen LogP contribution in [0.1, 0.15) is 39.5 Å². The Labute approximate surface area is 122 Å². The number of amides is 4. The van der Waals surface area contributed by atoms with Crippen LogP contribution in [0, 0.1) is 0 Å². The summed E-state index contributed by atoms with van der Waals surface area (Å²) in [5.74, 6) is -1.90. The number of hydrogen-bond donors (Lipinski definition) is 3. The van der Waals surface area contributed by atoms with E-state index in [0.29, 0.717) is 0 Å². The number of nitrogens with one attached hydrogen (secondary N) is 2. The molecule has 1 rings (SSSR count). The Hall–Kier alpha value is -2.12. The van der Waals surface area contributed by atoms with Gasteiger partial charge in [0.05, 0.1) is 0 Å². The van der Waals surface area contributed by atoms with Gasteiger partial charge in [-0.3, -0.25) is 14.5 Å². The van der Waals surface area contributed by atoms with E-state index in [0.717, 1.165) is 4.90 Å². The number of likely N-dealkylation sites (N-methyl/N-ethyl adjacent to an activating group) is 1. The minimum absolute atomic E-state index is 0.165. The first-order chi connectivity index (χ1) is 9.77. The Morgan fingerprint density at radius 1 is 1.33 bits per heavy atom. The standard InChI is InChI=1S/C13H21N3O5/c1-4-13(5-2,11(19)20)15-12(21)14-8-6-7-9(17)16(3)10(8)18/h8H,4-7H2,1-3H3,(H,19,20)(H2,14,15,21). The van der Waals surface area contributed by atoms with Crippen LogP contribution in [0.3, 0.4) is 0 Å². The van der Waals surface area contributed by atoms with Crippen molar-refractivity contribution in [3.8, 4) is 0 Å². The minimum atomic E-state index is -1.36. The maximum Gasteiger partial charge on any atom is 0.329 e. The van der Waals surface area contributed by atoms with Crippen LogP contribution in [-0.2, 0) is 14.4 Å². The van der Waals surface area contributed by atoms with Crippen molar-refractivity contribution in [3.63, 3.8) is 0 Å². The molecule has 1 atom stereocenters. The molecule has 118 valence electrons. The highest BCUT2D eigenvalue weighted by Gasteiger charge is 2.38. The van der Waals surface area contributed by atoms with E-state index in [1.54, 1.807) is 13.8 Å². The van der Waals surface area contributed by atoms with Crippen LogP contribution < -0.4 is 10.6 Å². The van der Waals surface area contributed by atoms with Gasteiger partial charge >= 0.3 is 12.0 Å². The maximum atomic E-state index is 11.9. The van der Waals surface area contributed by atoms with Gasteiger partial charge in [-0.2, -0.15) is 0 Å². The third-order valence-electron chi connectivity index (χ3n) is 3.92. The maximum absolute atomic E-state index is 11.9. The Morgan fingerprint density at radius 2 is 1.90 bits per heavy atom. The normalized spacial score (nSPS) is 19.4. The van der Waals surface area contributed by atoms with E-state index in [-0.39, 0.29) is 31.6 Å². The fraction of sp³-hybridized carbons (Fsp3) is 0.692. The molecule has 0 spiro atoms. The molecule has 3 N–H and O–H groups in total. The lowest BCUT2D eigenvalue weighted by molar-refractivity contribution is -0.147. The fourth-order valence-corrected chi connectivity index (χ4v) is 2.24. The van der Waals surface area contributed by atoms with Gasteiger partial charge in [0.2, 0.25) is 5.91 Å². The Kier molecular flexibility index (Phi) is 5.28. The quantitative estimate of drug-likeness (QED) is 0.622. The first-order valence-corrected chi connectivity index (χ1v) is 6.90. The molecule has 0 aromatic carbocycles. The van der Waals surface area contributed by atoms with Gasteiger partial charge in [-0.1, -0.05) is 13.8 Å². The van der Waals surface area contributed by atoms with E-state index in [9.17, 15) is 24.3 Å². The number of nitrogens with zero attached hydrogens (tertiary/aromatic N) is 1. The van der Waals surface area contributed by atoms with Crippen LogP contribution in [0.5, 0.6) is 0 Å². The van der Waals surface area contributed by atoms with Gasteiger partial charge < -0.3 is 15.7 Å². The van der Waals surface area contributed by atoms with Gasteiger partial charge in [0.1, 0.15) is 11.6 Å². The molecule has 0 aliphatic carbocycles. The predicted molar refractivity (Wildman–Crippen MR) is 73.4 cm³/mol. The molecule has 0 saturated carbocycles. The van der Waals surface area contributed by atoms with Crippen molar-refractivity contribution in [1.82, 2.24) is 15.5 Å². The molecule has 1 unspecified atom stereocenters. The largest absolute Gasteiger partial charge is 0.480 e. The monoisotopic (exact) mass is 299 g/mol. The van der Waals surface area contributed by atoms with Gasteiger partial charge in [-0.25, -0.2) is 9.59 Å².